The molecule has 2 heterocycles. The van der Waals surface area contributed by atoms with E-state index < -0.39 is 18.6 Å². The zero-order chi connectivity index (χ0) is 30.8. The molecule has 4 aromatic rings. The fourth-order valence-electron chi connectivity index (χ4n) is 4.80. The van der Waals surface area contributed by atoms with Crippen molar-refractivity contribution in [1.82, 2.24) is 4.57 Å². The molecule has 2 N–H and O–H groups in total. The van der Waals surface area contributed by atoms with Crippen molar-refractivity contribution in [3.05, 3.63) is 124 Å². The number of amides is 1. The van der Waals surface area contributed by atoms with Crippen molar-refractivity contribution in [2.75, 3.05) is 11.9 Å². The van der Waals surface area contributed by atoms with Crippen molar-refractivity contribution in [3.8, 4) is 5.75 Å². The predicted octanol–water partition coefficient (Wildman–Crippen LogP) is 5.77. The maximum Gasteiger partial charge on any atom is 0.341 e. The number of allylic oxidation sites excluding steroid dienone is 1. The molecule has 1 aliphatic heterocycles. The molecule has 0 spiro atoms. The molecule has 0 aliphatic carbocycles. The number of rotatable bonds is 8. The Morgan fingerprint density at radius 2 is 1.74 bits per heavy atom. The van der Waals surface area contributed by atoms with Gasteiger partial charge in [0.05, 0.1) is 31.9 Å². The third-order valence-corrected chi connectivity index (χ3v) is 8.42. The number of carboxylic acids is 1. The van der Waals surface area contributed by atoms with Gasteiger partial charge in [-0.1, -0.05) is 90.9 Å². The van der Waals surface area contributed by atoms with Crippen molar-refractivity contribution >= 4 is 58.2 Å². The van der Waals surface area contributed by atoms with Crippen LogP contribution < -0.4 is 24.9 Å². The largest absolute Gasteiger partial charge is 0.479 e. The number of benzene rings is 3. The lowest BCUT2D eigenvalue weighted by Gasteiger charge is -2.25. The second kappa shape index (κ2) is 12.6. The van der Waals surface area contributed by atoms with Gasteiger partial charge in [0.25, 0.3) is 11.5 Å². The van der Waals surface area contributed by atoms with Crippen LogP contribution in [0.4, 0.5) is 5.69 Å². The van der Waals surface area contributed by atoms with E-state index in [9.17, 15) is 14.4 Å². The first-order valence-corrected chi connectivity index (χ1v) is 14.9. The summed E-state index contributed by atoms with van der Waals surface area (Å²) >= 11 is 13.8. The number of nitrogens with one attached hydrogen (secondary N) is 1. The first-order valence-electron chi connectivity index (χ1n) is 13.4. The van der Waals surface area contributed by atoms with Crippen LogP contribution in [0, 0.1) is 0 Å². The number of hydrogen-bond donors (Lipinski definition) is 2. The molecular formula is C32H27Cl2N3O5S. The van der Waals surface area contributed by atoms with E-state index in [4.69, 9.17) is 33.0 Å². The molecule has 3 aromatic carbocycles. The highest BCUT2D eigenvalue weighted by Gasteiger charge is 2.32. The van der Waals surface area contributed by atoms with Gasteiger partial charge in [-0.3, -0.25) is 14.2 Å². The summed E-state index contributed by atoms with van der Waals surface area (Å²) < 4.78 is 7.10. The van der Waals surface area contributed by atoms with E-state index >= 15 is 0 Å². The van der Waals surface area contributed by atoms with Crippen LogP contribution in [0.5, 0.6) is 5.75 Å². The lowest BCUT2D eigenvalue weighted by molar-refractivity contribution is -0.139. The number of hydrogen-bond acceptors (Lipinski definition) is 6. The van der Waals surface area contributed by atoms with Gasteiger partial charge < -0.3 is 15.2 Å². The Labute approximate surface area is 261 Å². The number of aliphatic carboxylic acids is 1. The van der Waals surface area contributed by atoms with Gasteiger partial charge in [0, 0.05) is 5.69 Å². The highest BCUT2D eigenvalue weighted by molar-refractivity contribution is 7.07. The van der Waals surface area contributed by atoms with Crippen molar-refractivity contribution in [3.63, 3.8) is 0 Å². The van der Waals surface area contributed by atoms with Crippen molar-refractivity contribution in [1.29, 1.82) is 0 Å². The Morgan fingerprint density at radius 3 is 2.35 bits per heavy atom. The van der Waals surface area contributed by atoms with Crippen LogP contribution in [0.3, 0.4) is 0 Å². The molecule has 0 bridgehead atoms. The lowest BCUT2D eigenvalue weighted by atomic mass is 9.93. The number of carbonyl (C=O) groups is 2. The number of halogens is 2. The summed E-state index contributed by atoms with van der Waals surface area (Å²) in [5, 5.41) is 12.1. The first kappa shape index (κ1) is 30.3. The van der Waals surface area contributed by atoms with Gasteiger partial charge in [0.2, 0.25) is 0 Å². The first-order chi connectivity index (χ1) is 20.5. The Bertz CT molecular complexity index is 1910. The number of para-hydroxylation sites is 1. The number of anilines is 1. The van der Waals surface area contributed by atoms with Crippen molar-refractivity contribution < 1.29 is 19.4 Å². The third-order valence-electron chi connectivity index (χ3n) is 6.88. The van der Waals surface area contributed by atoms with E-state index in [2.05, 4.69) is 24.2 Å². The molecule has 1 atom stereocenters. The second-order valence-corrected chi connectivity index (χ2v) is 12.0. The van der Waals surface area contributed by atoms with Crippen LogP contribution in [-0.2, 0) is 9.59 Å². The molecular weight excluding hydrogens is 609 g/mol. The number of carbonyl (C=O) groups excluding carboxylic acids is 1. The van der Waals surface area contributed by atoms with E-state index in [-0.39, 0.29) is 27.3 Å². The number of carboxylic acid groups (broad SMARTS) is 1. The number of thiazole rings is 1. The number of aromatic nitrogens is 1. The number of nitrogens with zero attached hydrogens (tertiary/aromatic N) is 2. The van der Waals surface area contributed by atoms with Crippen LogP contribution in [0.25, 0.3) is 6.08 Å². The quantitative estimate of drug-likeness (QED) is 0.255. The second-order valence-electron chi connectivity index (χ2n) is 10.2. The lowest BCUT2D eigenvalue weighted by Crippen LogP contribution is -2.40. The summed E-state index contributed by atoms with van der Waals surface area (Å²) in [7, 11) is 0. The van der Waals surface area contributed by atoms with Gasteiger partial charge in [0.1, 0.15) is 0 Å². The number of ether oxygens (including phenoxy) is 1. The topological polar surface area (TPSA) is 110 Å². The zero-order valence-electron chi connectivity index (χ0n) is 23.4. The molecule has 0 saturated heterocycles. The summed E-state index contributed by atoms with van der Waals surface area (Å²) in [5.41, 5.74) is 3.59. The highest BCUT2D eigenvalue weighted by Crippen LogP contribution is 2.35. The molecule has 43 heavy (non-hydrogen) atoms. The summed E-state index contributed by atoms with van der Waals surface area (Å²) in [5.74, 6) is -1.17. The van der Waals surface area contributed by atoms with Gasteiger partial charge in [-0.2, -0.15) is 0 Å². The minimum atomic E-state index is -1.17. The van der Waals surface area contributed by atoms with Gasteiger partial charge >= 0.3 is 5.97 Å². The molecule has 0 fully saturated rings. The molecule has 1 aliphatic rings. The molecule has 220 valence electrons. The van der Waals surface area contributed by atoms with E-state index in [0.29, 0.717) is 37.8 Å². The molecule has 0 unspecified atom stereocenters. The Morgan fingerprint density at radius 1 is 1.09 bits per heavy atom. The Hall–Kier alpha value is -4.18. The minimum Gasteiger partial charge on any atom is -0.479 e. The van der Waals surface area contributed by atoms with Crippen LogP contribution >= 0.6 is 34.5 Å². The summed E-state index contributed by atoms with van der Waals surface area (Å²) in [4.78, 5) is 43.8. The van der Waals surface area contributed by atoms with Gasteiger partial charge in [-0.05, 0) is 59.9 Å². The van der Waals surface area contributed by atoms with E-state index in [1.807, 2.05) is 42.5 Å². The normalized spacial score (nSPS) is 14.8. The van der Waals surface area contributed by atoms with Gasteiger partial charge in [-0.25, -0.2) is 9.79 Å². The molecule has 11 heteroatoms. The fourth-order valence-corrected chi connectivity index (χ4v) is 6.46. The average molecular weight is 637 g/mol. The summed E-state index contributed by atoms with van der Waals surface area (Å²) in [6.07, 6.45) is 1.63. The Kier molecular flexibility index (Phi) is 8.87. The minimum absolute atomic E-state index is 0.0406. The summed E-state index contributed by atoms with van der Waals surface area (Å²) in [6, 6.07) is 19.4. The molecule has 1 amide bonds. The van der Waals surface area contributed by atoms with E-state index in [1.54, 1.807) is 29.7 Å². The van der Waals surface area contributed by atoms with Crippen LogP contribution in [0.15, 0.2) is 87.8 Å². The SMILES string of the molecule is CC1=C(C(=O)Nc2ccccc2)[C@@H](c2ccc(C(C)C)cc2)n2c(s/c(=C\c3cc(Cl)c(OCC(=O)O)c(Cl)c3)c2=O)=N1. The molecule has 0 saturated carbocycles. The van der Waals surface area contributed by atoms with Crippen LogP contribution in [-0.4, -0.2) is 28.2 Å². The van der Waals surface area contributed by atoms with E-state index in [1.165, 1.54) is 23.5 Å². The number of fused-ring (bicyclic) bond motifs is 1. The van der Waals surface area contributed by atoms with Crippen LogP contribution in [0.1, 0.15) is 49.4 Å². The van der Waals surface area contributed by atoms with Crippen molar-refractivity contribution in [2.24, 2.45) is 4.99 Å². The highest BCUT2D eigenvalue weighted by atomic mass is 35.5. The molecule has 8 nitrogen and oxygen atoms in total. The van der Waals surface area contributed by atoms with Gasteiger partial charge in [-0.15, -0.1) is 0 Å². The van der Waals surface area contributed by atoms with Gasteiger partial charge in [0.15, 0.2) is 17.2 Å². The zero-order valence-corrected chi connectivity index (χ0v) is 25.8. The maximum absolute atomic E-state index is 14.0. The average Bonchev–Trinajstić information content (AvgIpc) is 3.26. The maximum atomic E-state index is 14.0. The standard InChI is InChI=1S/C32H27Cl2N3O5S/c1-17(2)20-9-11-21(12-10-20)28-27(30(40)36-22-7-5-4-6-8-22)18(3)35-32-37(28)31(41)25(43-32)15-19-13-23(33)29(24(34)14-19)42-16-26(38)39/h4-15,17,28H,16H2,1-3H3,(H,36,40)(H,38,39)/b25-15-/t28-/m1/s1. The van der Waals surface area contributed by atoms with Crippen LogP contribution in [0.2, 0.25) is 10.0 Å². The monoisotopic (exact) mass is 635 g/mol. The van der Waals surface area contributed by atoms with E-state index in [0.717, 1.165) is 11.1 Å². The molecule has 5 rings (SSSR count). The van der Waals surface area contributed by atoms with Crippen molar-refractivity contribution in [2.45, 2.75) is 32.7 Å². The predicted molar refractivity (Wildman–Crippen MR) is 169 cm³/mol. The smallest absolute Gasteiger partial charge is 0.341 e. The third kappa shape index (κ3) is 6.44. The molecule has 0 radical (unpaired) electrons. The fraction of sp³-hybridized carbons (Fsp3) is 0.188. The molecule has 1 aromatic heterocycles. The summed E-state index contributed by atoms with van der Waals surface area (Å²) in [6.45, 7) is 5.37. The Balaban J connectivity index is 1.62.